The average Bonchev–Trinajstić information content (AvgIpc) is 2.86. The average molecular weight is 403 g/mol. The zero-order valence-electron chi connectivity index (χ0n) is 13.5. The Balaban J connectivity index is 2.03. The number of carbonyl (C=O) groups is 2. The molecule has 1 aromatic carbocycles. The molecule has 1 atom stereocenters. The van der Waals surface area contributed by atoms with Crippen molar-refractivity contribution in [1.29, 1.82) is 0 Å². The van der Waals surface area contributed by atoms with Crippen LogP contribution in [0.3, 0.4) is 0 Å². The van der Waals surface area contributed by atoms with Gasteiger partial charge in [-0.05, 0) is 25.0 Å². The number of alkyl halides is 2. The fraction of sp³-hybridized carbons (Fsp3) is 0.471. The first kappa shape index (κ1) is 18.5. The third kappa shape index (κ3) is 3.64. The van der Waals surface area contributed by atoms with E-state index in [1.807, 2.05) is 0 Å². The number of carbonyl (C=O) groups excluding carboxylic acids is 2. The van der Waals surface area contributed by atoms with Gasteiger partial charge in [0.25, 0.3) is 5.91 Å². The summed E-state index contributed by atoms with van der Waals surface area (Å²) in [6, 6.07) is 6.30. The molecule has 3 rings (SSSR count). The number of imide groups is 1. The van der Waals surface area contributed by atoms with Crippen LogP contribution in [0.15, 0.2) is 29.3 Å². The molecule has 0 aromatic heterocycles. The molecule has 5 nitrogen and oxygen atoms in total. The minimum Gasteiger partial charge on any atom is -0.265 e. The Morgan fingerprint density at radius 2 is 1.84 bits per heavy atom. The first-order valence-corrected chi connectivity index (χ1v) is 9.59. The molecular weight excluding hydrogens is 385 g/mol. The predicted molar refractivity (Wildman–Crippen MR) is 101 cm³/mol. The molecule has 2 aliphatic rings. The van der Waals surface area contributed by atoms with Gasteiger partial charge >= 0.3 is 6.03 Å². The van der Waals surface area contributed by atoms with Gasteiger partial charge in [-0.3, -0.25) is 9.69 Å². The van der Waals surface area contributed by atoms with Crippen LogP contribution in [0.2, 0.25) is 5.02 Å². The quantitative estimate of drug-likeness (QED) is 0.418. The minimum atomic E-state index is -0.801. The molecule has 2 fully saturated rings. The summed E-state index contributed by atoms with van der Waals surface area (Å²) in [4.78, 5) is 32.7. The van der Waals surface area contributed by atoms with Crippen molar-refractivity contribution < 1.29 is 9.59 Å². The largest absolute Gasteiger partial charge is 0.337 e. The molecule has 134 valence electrons. The van der Waals surface area contributed by atoms with E-state index >= 15 is 0 Å². The van der Waals surface area contributed by atoms with Crippen molar-refractivity contribution in [3.05, 3.63) is 29.3 Å². The molecule has 25 heavy (non-hydrogen) atoms. The second kappa shape index (κ2) is 7.94. The highest BCUT2D eigenvalue weighted by Gasteiger charge is 2.47. The van der Waals surface area contributed by atoms with Gasteiger partial charge in [0, 0.05) is 6.04 Å². The van der Waals surface area contributed by atoms with Gasteiger partial charge in [-0.15, -0.1) is 11.6 Å². The van der Waals surface area contributed by atoms with Crippen LogP contribution in [0.4, 0.5) is 10.5 Å². The maximum atomic E-state index is 13.1. The molecule has 0 N–H and O–H groups in total. The lowest BCUT2D eigenvalue weighted by Gasteiger charge is -2.28. The second-order valence-electron chi connectivity index (χ2n) is 6.08. The number of anilines is 1. The highest BCUT2D eigenvalue weighted by molar-refractivity contribution is 6.56. The number of rotatable bonds is 4. The van der Waals surface area contributed by atoms with Crippen molar-refractivity contribution in [2.45, 2.75) is 43.6 Å². The van der Waals surface area contributed by atoms with Crippen LogP contribution in [0, 0.1) is 0 Å². The van der Waals surface area contributed by atoms with E-state index in [2.05, 4.69) is 4.99 Å². The van der Waals surface area contributed by atoms with Crippen molar-refractivity contribution in [2.24, 2.45) is 4.99 Å². The lowest BCUT2D eigenvalue weighted by molar-refractivity contribution is -0.122. The van der Waals surface area contributed by atoms with Gasteiger partial charge in [-0.1, -0.05) is 54.6 Å². The number of amides is 3. The number of benzene rings is 1. The van der Waals surface area contributed by atoms with E-state index in [-0.39, 0.29) is 17.8 Å². The number of aliphatic imine (C=N–C) groups is 1. The highest BCUT2D eigenvalue weighted by Crippen LogP contribution is 2.33. The molecular formula is C17H18Cl3N3O2. The zero-order valence-corrected chi connectivity index (χ0v) is 15.8. The van der Waals surface area contributed by atoms with E-state index in [4.69, 9.17) is 34.8 Å². The van der Waals surface area contributed by atoms with E-state index in [0.29, 0.717) is 10.7 Å². The number of amidine groups is 1. The fourth-order valence-electron chi connectivity index (χ4n) is 3.28. The smallest absolute Gasteiger partial charge is 0.265 e. The van der Waals surface area contributed by atoms with Crippen molar-refractivity contribution in [3.8, 4) is 0 Å². The number of urea groups is 1. The zero-order chi connectivity index (χ0) is 18.0. The minimum absolute atomic E-state index is 0.0238. The van der Waals surface area contributed by atoms with Crippen LogP contribution in [0.25, 0.3) is 0 Å². The summed E-state index contributed by atoms with van der Waals surface area (Å²) >= 11 is 18.0. The van der Waals surface area contributed by atoms with Crippen LogP contribution in [0.1, 0.15) is 32.1 Å². The van der Waals surface area contributed by atoms with Gasteiger partial charge in [0.05, 0.1) is 16.6 Å². The number of hydrogen-bond donors (Lipinski definition) is 0. The monoisotopic (exact) mass is 401 g/mol. The van der Waals surface area contributed by atoms with Gasteiger partial charge in [-0.2, -0.15) is 0 Å². The van der Waals surface area contributed by atoms with E-state index in [1.54, 1.807) is 24.3 Å². The summed E-state index contributed by atoms with van der Waals surface area (Å²) < 4.78 is 0. The predicted octanol–water partition coefficient (Wildman–Crippen LogP) is 4.64. The van der Waals surface area contributed by atoms with Crippen LogP contribution >= 0.6 is 34.8 Å². The molecule has 1 aromatic rings. The lowest BCUT2D eigenvalue weighted by atomic mass is 9.94. The van der Waals surface area contributed by atoms with Crippen molar-refractivity contribution in [1.82, 2.24) is 4.90 Å². The Bertz CT molecular complexity index is 704. The van der Waals surface area contributed by atoms with Gasteiger partial charge in [0.2, 0.25) is 5.84 Å². The Labute approximate surface area is 161 Å². The van der Waals surface area contributed by atoms with Gasteiger partial charge < -0.3 is 0 Å². The standard InChI is InChI=1S/C17H18Cl3N3O2/c18-10-14(20)21-15-16(24)22(11-6-2-1-3-7-11)17(25)23(15)13-9-5-4-8-12(13)19/h4-5,8-9,11,14H,1-3,6-7,10H2. The van der Waals surface area contributed by atoms with E-state index in [0.717, 1.165) is 32.1 Å². The molecule has 1 aliphatic carbocycles. The molecule has 3 amide bonds. The fourth-order valence-corrected chi connectivity index (χ4v) is 3.66. The summed E-state index contributed by atoms with van der Waals surface area (Å²) in [6.07, 6.45) is 4.74. The molecule has 8 heteroatoms. The molecule has 0 bridgehead atoms. The van der Waals surface area contributed by atoms with Gasteiger partial charge in [0.15, 0.2) is 0 Å². The molecule has 1 aliphatic heterocycles. The summed E-state index contributed by atoms with van der Waals surface area (Å²) in [5.74, 6) is -0.427. The van der Waals surface area contributed by atoms with Gasteiger partial charge in [-0.25, -0.2) is 14.7 Å². The van der Waals surface area contributed by atoms with Crippen molar-refractivity contribution in [3.63, 3.8) is 0 Å². The Hall–Kier alpha value is -1.30. The topological polar surface area (TPSA) is 53.0 Å². The number of hydrogen-bond acceptors (Lipinski definition) is 3. The van der Waals surface area contributed by atoms with Gasteiger partial charge in [0.1, 0.15) is 5.50 Å². The van der Waals surface area contributed by atoms with E-state index < -0.39 is 17.4 Å². The SMILES string of the molecule is O=C1C(=NC(Cl)CCl)N(c2ccccc2Cl)C(=O)N1C1CCCCC1. The Morgan fingerprint density at radius 1 is 1.16 bits per heavy atom. The molecule has 1 saturated carbocycles. The third-order valence-electron chi connectivity index (χ3n) is 4.44. The summed E-state index contributed by atoms with van der Waals surface area (Å²) in [5, 5.41) is 0.360. The number of para-hydroxylation sites is 1. The third-order valence-corrected chi connectivity index (χ3v) is 5.46. The maximum Gasteiger partial charge on any atom is 0.337 e. The van der Waals surface area contributed by atoms with Crippen LogP contribution < -0.4 is 4.90 Å². The first-order valence-electron chi connectivity index (χ1n) is 8.24. The normalized spacial score (nSPS) is 22.1. The van der Waals surface area contributed by atoms with Crippen LogP contribution in [0.5, 0.6) is 0 Å². The van der Waals surface area contributed by atoms with E-state index in [1.165, 1.54) is 9.80 Å². The number of nitrogens with zero attached hydrogens (tertiary/aromatic N) is 3. The van der Waals surface area contributed by atoms with E-state index in [9.17, 15) is 9.59 Å². The van der Waals surface area contributed by atoms with Crippen LogP contribution in [-0.4, -0.2) is 40.1 Å². The van der Waals surface area contributed by atoms with Crippen molar-refractivity contribution >= 4 is 58.3 Å². The lowest BCUT2D eigenvalue weighted by Crippen LogP contribution is -2.42. The summed E-state index contributed by atoms with van der Waals surface area (Å²) in [7, 11) is 0. The second-order valence-corrected chi connectivity index (χ2v) is 7.30. The molecule has 1 heterocycles. The molecule has 0 spiro atoms. The molecule has 0 radical (unpaired) electrons. The first-order chi connectivity index (χ1) is 12.0. The Kier molecular flexibility index (Phi) is 5.87. The summed E-state index contributed by atoms with van der Waals surface area (Å²) in [5.41, 5.74) is -0.386. The summed E-state index contributed by atoms with van der Waals surface area (Å²) in [6.45, 7) is 0. The highest BCUT2D eigenvalue weighted by atomic mass is 35.5. The number of halogens is 3. The Morgan fingerprint density at radius 3 is 2.48 bits per heavy atom. The van der Waals surface area contributed by atoms with Crippen LogP contribution in [-0.2, 0) is 4.79 Å². The maximum absolute atomic E-state index is 13.1. The van der Waals surface area contributed by atoms with Crippen molar-refractivity contribution in [2.75, 3.05) is 10.8 Å². The molecule has 1 unspecified atom stereocenters. The molecule has 1 saturated heterocycles.